The van der Waals surface area contributed by atoms with E-state index in [-0.39, 0.29) is 11.5 Å². The van der Waals surface area contributed by atoms with Gasteiger partial charge in [0.05, 0.1) is 0 Å². The van der Waals surface area contributed by atoms with Crippen molar-refractivity contribution < 1.29 is 9.53 Å². The third-order valence-corrected chi connectivity index (χ3v) is 13.1. The molecule has 0 heterocycles. The van der Waals surface area contributed by atoms with Crippen LogP contribution in [0.25, 0.3) is 0 Å². The summed E-state index contributed by atoms with van der Waals surface area (Å²) in [6.45, 7) is 21.1. The quantitative estimate of drug-likeness (QED) is 0.309. The Morgan fingerprint density at radius 2 is 1.45 bits per heavy atom. The van der Waals surface area contributed by atoms with Crippen LogP contribution in [0, 0.1) is 44.3 Å². The Labute approximate surface area is 203 Å². The summed E-state index contributed by atoms with van der Waals surface area (Å²) in [6, 6.07) is 0. The van der Waals surface area contributed by atoms with E-state index in [2.05, 4.69) is 55.4 Å². The Morgan fingerprint density at radius 3 is 2.15 bits per heavy atom. The van der Waals surface area contributed by atoms with Crippen molar-refractivity contribution in [3.63, 3.8) is 0 Å². The lowest BCUT2D eigenvalue weighted by Crippen LogP contribution is -2.64. The van der Waals surface area contributed by atoms with Gasteiger partial charge in [-0.3, -0.25) is 4.79 Å². The zero-order valence-corrected chi connectivity index (χ0v) is 22.9. The highest BCUT2D eigenvalue weighted by Crippen LogP contribution is 2.75. The molecule has 186 valence electrons. The minimum Gasteiger partial charge on any atom is -0.464 e. The molecular formula is C31H50O2. The molecule has 0 aliphatic heterocycles. The molecule has 0 amide bonds. The molecule has 7 unspecified atom stereocenters. The summed E-state index contributed by atoms with van der Waals surface area (Å²) in [4.78, 5) is 11.2. The molecule has 0 N–H and O–H groups in total. The number of fused-ring (bicyclic) bond motifs is 6. The maximum Gasteiger partial charge on any atom is 0.293 e. The minimum absolute atomic E-state index is 0.0629. The van der Waals surface area contributed by atoms with Crippen molar-refractivity contribution in [3.8, 4) is 0 Å². The number of ether oxygens (including phenoxy) is 1. The fourth-order valence-corrected chi connectivity index (χ4v) is 10.8. The van der Waals surface area contributed by atoms with Crippen molar-refractivity contribution in [2.45, 2.75) is 132 Å². The Balaban J connectivity index is 1.56. The van der Waals surface area contributed by atoms with Gasteiger partial charge in [0.2, 0.25) is 0 Å². The van der Waals surface area contributed by atoms with Crippen molar-refractivity contribution in [3.05, 3.63) is 11.1 Å². The molecule has 0 spiro atoms. The van der Waals surface area contributed by atoms with E-state index in [1.54, 1.807) is 0 Å². The molecule has 5 rings (SSSR count). The molecule has 0 aromatic heterocycles. The maximum absolute atomic E-state index is 11.2. The van der Waals surface area contributed by atoms with Crippen LogP contribution in [0.5, 0.6) is 0 Å². The predicted octanol–water partition coefficient (Wildman–Crippen LogP) is 8.49. The molecular weight excluding hydrogens is 404 g/mol. The van der Waals surface area contributed by atoms with Crippen LogP contribution in [0.4, 0.5) is 0 Å². The smallest absolute Gasteiger partial charge is 0.293 e. The SMILES string of the molecule is CC1(C)CCC2(C)CCC3(C)C(=C2C1)CCC1C2(C)CCC(OC=O)C(C)(C)C2CCC13C. The second kappa shape index (κ2) is 7.13. The van der Waals surface area contributed by atoms with E-state index < -0.39 is 0 Å². The molecule has 0 radical (unpaired) electrons. The summed E-state index contributed by atoms with van der Waals surface area (Å²) >= 11 is 0. The number of carbonyl (C=O) groups excluding carboxylic acids is 1. The standard InChI is InChI=1S/C31H50O2/c1-26(2)15-16-28(5)17-18-30(7)21(22(28)19-26)9-10-24-29(6)13-12-25(33-20-32)27(3,4)23(29)11-14-31(24,30)8/h20,23-25H,9-19H2,1-8H3. The van der Waals surface area contributed by atoms with Crippen LogP contribution in [0.3, 0.4) is 0 Å². The van der Waals surface area contributed by atoms with E-state index in [0.717, 1.165) is 12.3 Å². The monoisotopic (exact) mass is 454 g/mol. The molecule has 0 aromatic rings. The first-order chi connectivity index (χ1) is 15.2. The Morgan fingerprint density at radius 1 is 0.758 bits per heavy atom. The van der Waals surface area contributed by atoms with Gasteiger partial charge in [-0.1, -0.05) is 66.5 Å². The van der Waals surface area contributed by atoms with E-state index in [4.69, 9.17) is 4.74 Å². The zero-order chi connectivity index (χ0) is 24.1. The van der Waals surface area contributed by atoms with Gasteiger partial charge in [-0.25, -0.2) is 0 Å². The average Bonchev–Trinajstić information content (AvgIpc) is 2.72. The first kappa shape index (κ1) is 23.9. The molecule has 5 aliphatic carbocycles. The highest BCUT2D eigenvalue weighted by atomic mass is 16.5. The molecule has 0 bridgehead atoms. The molecule has 0 saturated heterocycles. The lowest BCUT2D eigenvalue weighted by atomic mass is 9.34. The normalized spacial score (nSPS) is 50.4. The molecule has 4 fully saturated rings. The Kier molecular flexibility index (Phi) is 5.17. The van der Waals surface area contributed by atoms with Gasteiger partial charge in [-0.2, -0.15) is 0 Å². The van der Waals surface area contributed by atoms with Crippen LogP contribution in [0.2, 0.25) is 0 Å². The fourth-order valence-electron chi connectivity index (χ4n) is 10.8. The summed E-state index contributed by atoms with van der Waals surface area (Å²) in [5.41, 5.74) is 5.87. The third-order valence-electron chi connectivity index (χ3n) is 13.1. The summed E-state index contributed by atoms with van der Waals surface area (Å²) in [5.74, 6) is 1.41. The van der Waals surface area contributed by atoms with Gasteiger partial charge in [0, 0.05) is 5.41 Å². The molecule has 4 saturated carbocycles. The summed E-state index contributed by atoms with van der Waals surface area (Å²) in [7, 11) is 0. The number of rotatable bonds is 2. The largest absolute Gasteiger partial charge is 0.464 e. The van der Waals surface area contributed by atoms with Crippen molar-refractivity contribution in [2.75, 3.05) is 0 Å². The van der Waals surface area contributed by atoms with Crippen molar-refractivity contribution >= 4 is 6.47 Å². The molecule has 0 aromatic carbocycles. The second-order valence-corrected chi connectivity index (χ2v) is 15.4. The van der Waals surface area contributed by atoms with Gasteiger partial charge in [0.25, 0.3) is 6.47 Å². The molecule has 33 heavy (non-hydrogen) atoms. The van der Waals surface area contributed by atoms with E-state index in [0.29, 0.717) is 39.5 Å². The van der Waals surface area contributed by atoms with Crippen LogP contribution in [-0.2, 0) is 9.53 Å². The number of hydrogen-bond acceptors (Lipinski definition) is 2. The van der Waals surface area contributed by atoms with E-state index in [1.165, 1.54) is 64.2 Å². The van der Waals surface area contributed by atoms with Gasteiger partial charge in [0.1, 0.15) is 6.10 Å². The summed E-state index contributed by atoms with van der Waals surface area (Å²) < 4.78 is 5.66. The van der Waals surface area contributed by atoms with Crippen molar-refractivity contribution in [2.24, 2.45) is 44.3 Å². The van der Waals surface area contributed by atoms with Crippen LogP contribution in [0.15, 0.2) is 11.1 Å². The highest BCUT2D eigenvalue weighted by Gasteiger charge is 2.67. The topological polar surface area (TPSA) is 26.3 Å². The van der Waals surface area contributed by atoms with Crippen molar-refractivity contribution in [1.82, 2.24) is 0 Å². The van der Waals surface area contributed by atoms with Crippen molar-refractivity contribution in [1.29, 1.82) is 0 Å². The van der Waals surface area contributed by atoms with E-state index >= 15 is 0 Å². The lowest BCUT2D eigenvalue weighted by molar-refractivity contribution is -0.209. The number of allylic oxidation sites excluding steroid dienone is 2. The Hall–Kier alpha value is -0.790. The fraction of sp³-hybridized carbons (Fsp3) is 0.903. The van der Waals surface area contributed by atoms with E-state index in [9.17, 15) is 4.79 Å². The lowest BCUT2D eigenvalue weighted by Gasteiger charge is -2.71. The maximum atomic E-state index is 11.2. The molecule has 5 aliphatic rings. The number of carbonyl (C=O) groups is 1. The zero-order valence-electron chi connectivity index (χ0n) is 22.9. The Bertz CT molecular complexity index is 866. The molecule has 7 atom stereocenters. The van der Waals surface area contributed by atoms with Gasteiger partial charge < -0.3 is 4.74 Å². The summed E-state index contributed by atoms with van der Waals surface area (Å²) in [5, 5.41) is 0. The number of hydrogen-bond donors (Lipinski definition) is 0. The van der Waals surface area contributed by atoms with Crippen LogP contribution < -0.4 is 0 Å². The molecule has 2 heteroatoms. The van der Waals surface area contributed by atoms with Gasteiger partial charge in [-0.05, 0) is 110 Å². The minimum atomic E-state index is 0.0629. The van der Waals surface area contributed by atoms with Gasteiger partial charge in [-0.15, -0.1) is 0 Å². The highest BCUT2D eigenvalue weighted by molar-refractivity contribution is 5.39. The van der Waals surface area contributed by atoms with Gasteiger partial charge >= 0.3 is 0 Å². The van der Waals surface area contributed by atoms with E-state index in [1.807, 2.05) is 11.1 Å². The van der Waals surface area contributed by atoms with Gasteiger partial charge in [0.15, 0.2) is 0 Å². The predicted molar refractivity (Wildman–Crippen MR) is 136 cm³/mol. The van der Waals surface area contributed by atoms with Crippen LogP contribution in [-0.4, -0.2) is 12.6 Å². The third kappa shape index (κ3) is 3.07. The van der Waals surface area contributed by atoms with Crippen LogP contribution >= 0.6 is 0 Å². The molecule has 2 nitrogen and oxygen atoms in total. The first-order valence-corrected chi connectivity index (χ1v) is 14.1. The summed E-state index contributed by atoms with van der Waals surface area (Å²) in [6.07, 6.45) is 14.5. The second-order valence-electron chi connectivity index (χ2n) is 15.4. The average molecular weight is 455 g/mol. The first-order valence-electron chi connectivity index (χ1n) is 14.1. The van der Waals surface area contributed by atoms with Crippen LogP contribution in [0.1, 0.15) is 126 Å².